The van der Waals surface area contributed by atoms with Crippen LogP contribution in [0.4, 0.5) is 8.78 Å². The maximum atomic E-state index is 13.8. The van der Waals surface area contributed by atoms with Crippen molar-refractivity contribution in [1.82, 2.24) is 10.2 Å². The fourth-order valence-corrected chi connectivity index (χ4v) is 2.89. The predicted molar refractivity (Wildman–Crippen MR) is 77.5 cm³/mol. The molecule has 1 aromatic rings. The number of halogens is 2. The number of rotatable bonds is 3. The molecular formula is C16H24F2N2. The maximum Gasteiger partial charge on any atom is 0.130 e. The van der Waals surface area contributed by atoms with Crippen molar-refractivity contribution in [1.29, 1.82) is 0 Å². The van der Waals surface area contributed by atoms with Crippen molar-refractivity contribution in [2.75, 3.05) is 13.1 Å². The molecule has 2 rings (SSSR count). The van der Waals surface area contributed by atoms with Crippen molar-refractivity contribution >= 4 is 0 Å². The van der Waals surface area contributed by atoms with E-state index < -0.39 is 11.6 Å². The van der Waals surface area contributed by atoms with E-state index in [-0.39, 0.29) is 5.54 Å². The van der Waals surface area contributed by atoms with Crippen LogP contribution in [0.1, 0.15) is 33.3 Å². The zero-order chi connectivity index (χ0) is 14.9. The molecule has 0 amide bonds. The first-order valence-corrected chi connectivity index (χ1v) is 7.21. The fraction of sp³-hybridized carbons (Fsp3) is 0.625. The zero-order valence-corrected chi connectivity index (χ0v) is 12.7. The minimum absolute atomic E-state index is 0.0158. The monoisotopic (exact) mass is 282 g/mol. The molecule has 1 N–H and O–H groups in total. The van der Waals surface area contributed by atoms with Crippen molar-refractivity contribution in [2.45, 2.75) is 45.8 Å². The highest BCUT2D eigenvalue weighted by atomic mass is 19.1. The van der Waals surface area contributed by atoms with E-state index in [9.17, 15) is 8.78 Å². The topological polar surface area (TPSA) is 15.3 Å². The van der Waals surface area contributed by atoms with Gasteiger partial charge in [0, 0.05) is 42.8 Å². The lowest BCUT2D eigenvalue weighted by atomic mass is 9.92. The SMILES string of the molecule is CC(C)C1CNC(C)(C)CN1Cc1ccc(F)cc1F. The smallest absolute Gasteiger partial charge is 0.130 e. The van der Waals surface area contributed by atoms with Gasteiger partial charge in [0.2, 0.25) is 0 Å². The highest BCUT2D eigenvalue weighted by molar-refractivity contribution is 5.19. The third-order valence-electron chi connectivity index (χ3n) is 4.02. The number of piperazine rings is 1. The van der Waals surface area contributed by atoms with E-state index in [2.05, 4.69) is 37.9 Å². The summed E-state index contributed by atoms with van der Waals surface area (Å²) in [5.74, 6) is -0.488. The quantitative estimate of drug-likeness (QED) is 0.916. The van der Waals surface area contributed by atoms with Gasteiger partial charge >= 0.3 is 0 Å². The van der Waals surface area contributed by atoms with Gasteiger partial charge in [0.25, 0.3) is 0 Å². The van der Waals surface area contributed by atoms with Gasteiger partial charge in [-0.3, -0.25) is 4.90 Å². The van der Waals surface area contributed by atoms with Crippen molar-refractivity contribution < 1.29 is 8.78 Å². The summed E-state index contributed by atoms with van der Waals surface area (Å²) in [5.41, 5.74) is 0.580. The van der Waals surface area contributed by atoms with Crippen LogP contribution < -0.4 is 5.32 Å². The number of nitrogens with one attached hydrogen (secondary N) is 1. The largest absolute Gasteiger partial charge is 0.309 e. The Bertz CT molecular complexity index is 472. The van der Waals surface area contributed by atoms with Gasteiger partial charge in [-0.15, -0.1) is 0 Å². The Morgan fingerprint density at radius 2 is 2.05 bits per heavy atom. The minimum Gasteiger partial charge on any atom is -0.309 e. The summed E-state index contributed by atoms with van der Waals surface area (Å²) in [6.07, 6.45) is 0. The third-order valence-corrected chi connectivity index (χ3v) is 4.02. The van der Waals surface area contributed by atoms with Crippen LogP contribution in [-0.4, -0.2) is 29.6 Å². The van der Waals surface area contributed by atoms with Gasteiger partial charge < -0.3 is 5.32 Å². The first kappa shape index (κ1) is 15.4. The highest BCUT2D eigenvalue weighted by Gasteiger charge is 2.34. The molecule has 0 radical (unpaired) electrons. The van der Waals surface area contributed by atoms with Crippen LogP contribution in [0.2, 0.25) is 0 Å². The third kappa shape index (κ3) is 3.55. The molecular weight excluding hydrogens is 258 g/mol. The molecule has 1 saturated heterocycles. The summed E-state index contributed by atoms with van der Waals surface area (Å²) in [6, 6.07) is 4.22. The number of hydrogen-bond donors (Lipinski definition) is 1. The van der Waals surface area contributed by atoms with Crippen LogP contribution in [0.25, 0.3) is 0 Å². The Morgan fingerprint density at radius 1 is 1.35 bits per heavy atom. The molecule has 0 saturated carbocycles. The molecule has 1 unspecified atom stereocenters. The van der Waals surface area contributed by atoms with E-state index in [1.165, 1.54) is 6.07 Å². The molecule has 1 heterocycles. The molecule has 112 valence electrons. The van der Waals surface area contributed by atoms with Crippen LogP contribution in [-0.2, 0) is 6.54 Å². The molecule has 1 atom stereocenters. The molecule has 2 nitrogen and oxygen atoms in total. The van der Waals surface area contributed by atoms with Gasteiger partial charge in [-0.2, -0.15) is 0 Å². The van der Waals surface area contributed by atoms with Crippen LogP contribution >= 0.6 is 0 Å². The van der Waals surface area contributed by atoms with Gasteiger partial charge in [0.05, 0.1) is 0 Å². The normalized spacial score (nSPS) is 23.2. The van der Waals surface area contributed by atoms with Crippen LogP contribution in [0.15, 0.2) is 18.2 Å². The maximum absolute atomic E-state index is 13.8. The molecule has 0 spiro atoms. The second-order valence-corrected chi connectivity index (χ2v) is 6.72. The van der Waals surface area contributed by atoms with Gasteiger partial charge in [0.1, 0.15) is 11.6 Å². The lowest BCUT2D eigenvalue weighted by Gasteiger charge is -2.46. The first-order chi connectivity index (χ1) is 9.28. The number of nitrogens with zero attached hydrogens (tertiary/aromatic N) is 1. The molecule has 20 heavy (non-hydrogen) atoms. The molecule has 1 fully saturated rings. The Hall–Kier alpha value is -1.00. The molecule has 0 aliphatic carbocycles. The molecule has 0 bridgehead atoms. The second kappa shape index (κ2) is 5.78. The van der Waals surface area contributed by atoms with Crippen LogP contribution in [0.5, 0.6) is 0 Å². The van der Waals surface area contributed by atoms with E-state index in [4.69, 9.17) is 0 Å². The van der Waals surface area contributed by atoms with Gasteiger partial charge in [-0.1, -0.05) is 19.9 Å². The van der Waals surface area contributed by atoms with Gasteiger partial charge in [-0.05, 0) is 25.8 Å². The van der Waals surface area contributed by atoms with Gasteiger partial charge in [0.15, 0.2) is 0 Å². The summed E-state index contributed by atoms with van der Waals surface area (Å²) >= 11 is 0. The van der Waals surface area contributed by atoms with E-state index in [1.54, 1.807) is 6.07 Å². The van der Waals surface area contributed by atoms with E-state index in [0.29, 0.717) is 24.1 Å². The predicted octanol–water partition coefficient (Wildman–Crippen LogP) is 3.17. The summed E-state index contributed by atoms with van der Waals surface area (Å²) < 4.78 is 26.8. The second-order valence-electron chi connectivity index (χ2n) is 6.72. The fourth-order valence-electron chi connectivity index (χ4n) is 2.89. The highest BCUT2D eigenvalue weighted by Crippen LogP contribution is 2.23. The lowest BCUT2D eigenvalue weighted by molar-refractivity contribution is 0.0618. The molecule has 1 aromatic carbocycles. The molecule has 1 aliphatic rings. The summed E-state index contributed by atoms with van der Waals surface area (Å²) in [7, 11) is 0. The Balaban J connectivity index is 2.18. The van der Waals surface area contributed by atoms with E-state index in [0.717, 1.165) is 19.2 Å². The summed E-state index contributed by atoms with van der Waals surface area (Å²) in [4.78, 5) is 2.30. The Morgan fingerprint density at radius 3 is 2.65 bits per heavy atom. The van der Waals surface area contributed by atoms with Crippen molar-refractivity contribution in [3.63, 3.8) is 0 Å². The van der Waals surface area contributed by atoms with E-state index in [1.807, 2.05) is 0 Å². The van der Waals surface area contributed by atoms with E-state index >= 15 is 0 Å². The van der Waals surface area contributed by atoms with Crippen molar-refractivity contribution in [2.24, 2.45) is 5.92 Å². The number of hydrogen-bond acceptors (Lipinski definition) is 2. The summed E-state index contributed by atoms with van der Waals surface area (Å²) in [5, 5.41) is 3.53. The average Bonchev–Trinajstić information content (AvgIpc) is 2.31. The van der Waals surface area contributed by atoms with Crippen LogP contribution in [0.3, 0.4) is 0 Å². The first-order valence-electron chi connectivity index (χ1n) is 7.21. The minimum atomic E-state index is -0.521. The van der Waals surface area contributed by atoms with Crippen molar-refractivity contribution in [3.8, 4) is 0 Å². The Kier molecular flexibility index (Phi) is 4.45. The Labute approximate surface area is 120 Å². The van der Waals surface area contributed by atoms with Crippen molar-refractivity contribution in [3.05, 3.63) is 35.4 Å². The van der Waals surface area contributed by atoms with Gasteiger partial charge in [-0.25, -0.2) is 8.78 Å². The molecule has 1 aliphatic heterocycles. The lowest BCUT2D eigenvalue weighted by Crippen LogP contribution is -2.62. The van der Waals surface area contributed by atoms with Crippen LogP contribution in [0, 0.1) is 17.6 Å². The molecule has 4 heteroatoms. The zero-order valence-electron chi connectivity index (χ0n) is 12.7. The number of benzene rings is 1. The summed E-state index contributed by atoms with van der Waals surface area (Å²) in [6.45, 7) is 10.9. The standard InChI is InChI=1S/C16H24F2N2/c1-11(2)15-8-19-16(3,4)10-20(15)9-12-5-6-13(17)7-14(12)18/h5-7,11,15,19H,8-10H2,1-4H3. The average molecular weight is 282 g/mol. The molecule has 0 aromatic heterocycles.